The second kappa shape index (κ2) is 10.0. The maximum atomic E-state index is 12.2. The third kappa shape index (κ3) is 6.86. The Kier molecular flexibility index (Phi) is 7.40. The molecule has 1 heterocycles. The van der Waals surface area contributed by atoms with Gasteiger partial charge in [0, 0.05) is 25.8 Å². The van der Waals surface area contributed by atoms with Crippen LogP contribution in [0.1, 0.15) is 12.8 Å². The van der Waals surface area contributed by atoms with E-state index in [1.165, 1.54) is 11.4 Å². The number of piperidine rings is 1. The smallest absolute Gasteiger partial charge is 0.262 e. The van der Waals surface area contributed by atoms with Crippen LogP contribution in [0.3, 0.4) is 0 Å². The SMILES string of the molecule is CN1CCC(Oc2ccc(NC(=O)COc3ccc(N(C)S(C)(=O)=O)cc3)cc2)CC1. The number of nitrogens with one attached hydrogen (secondary N) is 1. The quantitative estimate of drug-likeness (QED) is 0.669. The molecule has 0 atom stereocenters. The fourth-order valence-corrected chi connectivity index (χ4v) is 3.71. The van der Waals surface area contributed by atoms with Gasteiger partial charge in [-0.1, -0.05) is 0 Å². The molecule has 1 N–H and O–H groups in total. The molecule has 1 aliphatic rings. The summed E-state index contributed by atoms with van der Waals surface area (Å²) in [6.45, 7) is 1.92. The van der Waals surface area contributed by atoms with Gasteiger partial charge >= 0.3 is 0 Å². The number of anilines is 2. The first-order chi connectivity index (χ1) is 14.7. The molecule has 0 bridgehead atoms. The second-order valence-electron chi connectivity index (χ2n) is 7.71. The molecule has 2 aromatic rings. The first kappa shape index (κ1) is 22.9. The normalized spacial score (nSPS) is 15.3. The molecule has 0 unspecified atom stereocenters. The molecule has 1 saturated heterocycles. The van der Waals surface area contributed by atoms with Crippen molar-refractivity contribution in [2.75, 3.05) is 49.7 Å². The highest BCUT2D eigenvalue weighted by atomic mass is 32.2. The van der Waals surface area contributed by atoms with Crippen LogP contribution in [0, 0.1) is 0 Å². The van der Waals surface area contributed by atoms with Gasteiger partial charge in [-0.15, -0.1) is 0 Å². The molecular formula is C22H29N3O5S. The molecule has 0 radical (unpaired) electrons. The first-order valence-electron chi connectivity index (χ1n) is 10.1. The number of likely N-dealkylation sites (tertiary alicyclic amines) is 1. The van der Waals surface area contributed by atoms with E-state index in [9.17, 15) is 13.2 Å². The lowest BCUT2D eigenvalue weighted by Crippen LogP contribution is -2.35. The summed E-state index contributed by atoms with van der Waals surface area (Å²) in [5.41, 5.74) is 1.18. The van der Waals surface area contributed by atoms with Crippen molar-refractivity contribution < 1.29 is 22.7 Å². The molecule has 1 fully saturated rings. The number of carbonyl (C=O) groups excluding carboxylic acids is 1. The van der Waals surface area contributed by atoms with Crippen LogP contribution in [0.2, 0.25) is 0 Å². The van der Waals surface area contributed by atoms with Gasteiger partial charge in [0.25, 0.3) is 5.91 Å². The predicted molar refractivity (Wildman–Crippen MR) is 121 cm³/mol. The van der Waals surface area contributed by atoms with Gasteiger partial charge in [0.15, 0.2) is 6.61 Å². The van der Waals surface area contributed by atoms with Crippen molar-refractivity contribution in [3.05, 3.63) is 48.5 Å². The van der Waals surface area contributed by atoms with Gasteiger partial charge in [-0.2, -0.15) is 0 Å². The number of carbonyl (C=O) groups is 1. The van der Waals surface area contributed by atoms with Gasteiger partial charge < -0.3 is 19.7 Å². The second-order valence-corrected chi connectivity index (χ2v) is 9.72. The lowest BCUT2D eigenvalue weighted by Gasteiger charge is -2.29. The van der Waals surface area contributed by atoms with Gasteiger partial charge in [0.1, 0.15) is 17.6 Å². The summed E-state index contributed by atoms with van der Waals surface area (Å²) in [5.74, 6) is 0.979. The molecule has 9 heteroatoms. The number of rotatable bonds is 8. The van der Waals surface area contributed by atoms with Crippen molar-refractivity contribution in [2.24, 2.45) is 0 Å². The van der Waals surface area contributed by atoms with E-state index in [2.05, 4.69) is 17.3 Å². The lowest BCUT2D eigenvalue weighted by atomic mass is 10.1. The van der Waals surface area contributed by atoms with E-state index in [4.69, 9.17) is 9.47 Å². The Labute approximate surface area is 183 Å². The van der Waals surface area contributed by atoms with Gasteiger partial charge in [-0.25, -0.2) is 8.42 Å². The molecule has 8 nitrogen and oxygen atoms in total. The molecule has 1 aliphatic heterocycles. The van der Waals surface area contributed by atoms with Gasteiger partial charge in [0.2, 0.25) is 10.0 Å². The standard InChI is InChI=1S/C22H29N3O5S/c1-24-14-12-21(13-15-24)30-20-8-4-17(5-9-20)23-22(26)16-29-19-10-6-18(7-11-19)25(2)31(3,27)28/h4-11,21H,12-16H2,1-3H3,(H,23,26). The third-order valence-corrected chi connectivity index (χ3v) is 6.38. The Morgan fingerprint density at radius 1 is 1.06 bits per heavy atom. The first-order valence-corrected chi connectivity index (χ1v) is 12.0. The molecule has 168 valence electrons. The fraction of sp³-hybridized carbons (Fsp3) is 0.409. The van der Waals surface area contributed by atoms with Crippen LogP contribution in [0.25, 0.3) is 0 Å². The van der Waals surface area contributed by atoms with E-state index in [1.807, 2.05) is 12.1 Å². The van der Waals surface area contributed by atoms with E-state index >= 15 is 0 Å². The number of hydrogen-bond acceptors (Lipinski definition) is 6. The van der Waals surface area contributed by atoms with Gasteiger partial charge in [-0.3, -0.25) is 9.10 Å². The van der Waals surface area contributed by atoms with Crippen molar-refractivity contribution in [2.45, 2.75) is 18.9 Å². The highest BCUT2D eigenvalue weighted by Gasteiger charge is 2.18. The number of ether oxygens (including phenoxy) is 2. The molecular weight excluding hydrogens is 418 g/mol. The van der Waals surface area contributed by atoms with Crippen molar-refractivity contribution >= 4 is 27.3 Å². The summed E-state index contributed by atoms with van der Waals surface area (Å²) in [6.07, 6.45) is 3.39. The van der Waals surface area contributed by atoms with E-state index in [-0.39, 0.29) is 18.6 Å². The van der Waals surface area contributed by atoms with Crippen LogP contribution in [-0.2, 0) is 14.8 Å². The number of sulfonamides is 1. The molecule has 0 aliphatic carbocycles. The van der Waals surface area contributed by atoms with Crippen LogP contribution in [-0.4, -0.2) is 65.4 Å². The summed E-state index contributed by atoms with van der Waals surface area (Å²) in [7, 11) is 0.265. The molecule has 3 rings (SSSR count). The topological polar surface area (TPSA) is 88.2 Å². The number of hydrogen-bond donors (Lipinski definition) is 1. The van der Waals surface area contributed by atoms with Crippen LogP contribution >= 0.6 is 0 Å². The summed E-state index contributed by atoms with van der Waals surface area (Å²) < 4.78 is 35.8. The maximum Gasteiger partial charge on any atom is 0.262 e. The van der Waals surface area contributed by atoms with Crippen molar-refractivity contribution in [1.29, 1.82) is 0 Å². The Morgan fingerprint density at radius 2 is 1.65 bits per heavy atom. The minimum absolute atomic E-state index is 0.158. The molecule has 31 heavy (non-hydrogen) atoms. The van der Waals surface area contributed by atoms with Crippen molar-refractivity contribution in [1.82, 2.24) is 4.90 Å². The number of amides is 1. The Hall–Kier alpha value is -2.78. The summed E-state index contributed by atoms with van der Waals surface area (Å²) in [6, 6.07) is 13.8. The van der Waals surface area contributed by atoms with E-state index < -0.39 is 10.0 Å². The number of nitrogens with zero attached hydrogens (tertiary/aromatic N) is 2. The molecule has 0 saturated carbocycles. The lowest BCUT2D eigenvalue weighted by molar-refractivity contribution is -0.118. The fourth-order valence-electron chi connectivity index (χ4n) is 3.20. The molecule has 1 amide bonds. The Bertz CT molecular complexity index is 969. The monoisotopic (exact) mass is 447 g/mol. The molecule has 0 spiro atoms. The largest absolute Gasteiger partial charge is 0.490 e. The molecule has 2 aromatic carbocycles. The van der Waals surface area contributed by atoms with E-state index in [0.717, 1.165) is 37.9 Å². The van der Waals surface area contributed by atoms with E-state index in [1.54, 1.807) is 36.4 Å². The van der Waals surface area contributed by atoms with Crippen molar-refractivity contribution in [3.8, 4) is 11.5 Å². The van der Waals surface area contributed by atoms with Crippen molar-refractivity contribution in [3.63, 3.8) is 0 Å². The summed E-state index contributed by atoms with van der Waals surface area (Å²) >= 11 is 0. The number of benzene rings is 2. The Balaban J connectivity index is 1.45. The summed E-state index contributed by atoms with van der Waals surface area (Å²) in [5, 5.41) is 2.78. The zero-order valence-corrected chi connectivity index (χ0v) is 18.9. The zero-order valence-electron chi connectivity index (χ0n) is 18.1. The summed E-state index contributed by atoms with van der Waals surface area (Å²) in [4.78, 5) is 14.5. The van der Waals surface area contributed by atoms with Crippen LogP contribution in [0.15, 0.2) is 48.5 Å². The minimum Gasteiger partial charge on any atom is -0.490 e. The highest BCUT2D eigenvalue weighted by molar-refractivity contribution is 7.92. The maximum absolute atomic E-state index is 12.2. The average Bonchev–Trinajstić information content (AvgIpc) is 2.74. The highest BCUT2D eigenvalue weighted by Crippen LogP contribution is 2.22. The van der Waals surface area contributed by atoms with Crippen LogP contribution in [0.5, 0.6) is 11.5 Å². The average molecular weight is 448 g/mol. The minimum atomic E-state index is -3.33. The van der Waals surface area contributed by atoms with Crippen LogP contribution < -0.4 is 19.1 Å². The van der Waals surface area contributed by atoms with Gasteiger partial charge in [-0.05, 0) is 68.4 Å². The third-order valence-electron chi connectivity index (χ3n) is 5.17. The van der Waals surface area contributed by atoms with Gasteiger partial charge in [0.05, 0.1) is 11.9 Å². The Morgan fingerprint density at radius 3 is 2.23 bits per heavy atom. The van der Waals surface area contributed by atoms with Crippen LogP contribution in [0.4, 0.5) is 11.4 Å². The molecule has 0 aromatic heterocycles. The zero-order chi connectivity index (χ0) is 22.4. The predicted octanol–water partition coefficient (Wildman–Crippen LogP) is 2.57. The van der Waals surface area contributed by atoms with E-state index in [0.29, 0.717) is 17.1 Å².